The Balaban J connectivity index is 1.33. The summed E-state index contributed by atoms with van der Waals surface area (Å²) in [5, 5.41) is 24.2. The number of benzene rings is 2. The number of fused-ring (bicyclic) bond motifs is 2. The van der Waals surface area contributed by atoms with E-state index in [9.17, 15) is 23.3 Å². The summed E-state index contributed by atoms with van der Waals surface area (Å²) < 4.78 is 50.8. The Bertz CT molecular complexity index is 1310. The number of aliphatic hydroxyl groups excluding tert-OH is 1. The third-order valence-electron chi connectivity index (χ3n) is 7.68. The molecule has 0 saturated carbocycles. The summed E-state index contributed by atoms with van der Waals surface area (Å²) in [4.78, 5) is 13.0. The normalized spacial score (nSPS) is 23.5. The van der Waals surface area contributed by atoms with Crippen LogP contribution in [0.15, 0.2) is 53.4 Å². The van der Waals surface area contributed by atoms with E-state index in [2.05, 4.69) is 5.32 Å². The molecular weight excluding hydrogens is 551 g/mol. The molecule has 41 heavy (non-hydrogen) atoms. The maximum Gasteiger partial charge on any atom is 0.491 e. The molecule has 5 rings (SSSR count). The highest BCUT2D eigenvalue weighted by Crippen LogP contribution is 2.33. The lowest BCUT2D eigenvalue weighted by molar-refractivity contribution is -0.0907. The number of rotatable bonds is 11. The number of ether oxygens (including phenoxy) is 3. The van der Waals surface area contributed by atoms with Crippen LogP contribution in [0.25, 0.3) is 0 Å². The molecule has 0 bridgehead atoms. The van der Waals surface area contributed by atoms with Crippen LogP contribution in [0, 0.1) is 11.8 Å². The van der Waals surface area contributed by atoms with Gasteiger partial charge in [0.2, 0.25) is 10.0 Å². The summed E-state index contributed by atoms with van der Waals surface area (Å²) >= 11 is 0. The minimum atomic E-state index is -4.03. The number of carbonyl (C=O) groups is 1. The molecule has 222 valence electrons. The standard InChI is InChI=1S/C28H37BN2O9S/c1-18(2)14-31(41(35,36)21-8-9-23-20(13-21)16-39-29(23)34)15-25(32)24(12-19-6-4-3-5-7-19)30-28(33)40-26-17-38-27-22(26)10-11-37-27/h3-9,13,18,22,24-27,32,34H,10-12,14-17H2,1-2H3,(H,30,33)/t22-,24-,25+,26-,27+/m0/s1. The maximum atomic E-state index is 13.8. The molecule has 2 aromatic rings. The molecule has 1 amide bonds. The van der Waals surface area contributed by atoms with Crippen LogP contribution in [0.5, 0.6) is 0 Å². The minimum absolute atomic E-state index is 0.0361. The van der Waals surface area contributed by atoms with E-state index < -0.39 is 41.5 Å². The van der Waals surface area contributed by atoms with Gasteiger partial charge in [0.1, 0.15) is 6.10 Å². The van der Waals surface area contributed by atoms with E-state index in [0.29, 0.717) is 17.6 Å². The molecule has 0 radical (unpaired) electrons. The van der Waals surface area contributed by atoms with Gasteiger partial charge in [0.25, 0.3) is 0 Å². The summed E-state index contributed by atoms with van der Waals surface area (Å²) in [6.07, 6.45) is -1.80. The van der Waals surface area contributed by atoms with Crippen LogP contribution in [-0.4, -0.2) is 86.9 Å². The van der Waals surface area contributed by atoms with Crippen LogP contribution in [-0.2, 0) is 41.9 Å². The van der Waals surface area contributed by atoms with Gasteiger partial charge in [-0.3, -0.25) is 0 Å². The van der Waals surface area contributed by atoms with Crippen molar-refractivity contribution in [2.45, 2.75) is 62.7 Å². The summed E-state index contributed by atoms with van der Waals surface area (Å²) in [6.45, 7) is 4.57. The number of nitrogens with one attached hydrogen (secondary N) is 1. The number of hydrogen-bond acceptors (Lipinski definition) is 9. The Labute approximate surface area is 240 Å². The van der Waals surface area contributed by atoms with E-state index in [1.807, 2.05) is 44.2 Å². The largest absolute Gasteiger partial charge is 0.491 e. The van der Waals surface area contributed by atoms with Crippen LogP contribution < -0.4 is 10.8 Å². The average molecular weight is 588 g/mol. The quantitative estimate of drug-likeness (QED) is 0.328. The highest BCUT2D eigenvalue weighted by molar-refractivity contribution is 7.89. The number of nitrogens with zero attached hydrogens (tertiary/aromatic N) is 1. The molecule has 13 heteroatoms. The van der Waals surface area contributed by atoms with E-state index in [-0.39, 0.29) is 55.7 Å². The Morgan fingerprint density at radius 2 is 1.95 bits per heavy atom. The number of aliphatic hydroxyl groups is 1. The van der Waals surface area contributed by atoms with Crippen LogP contribution in [0.2, 0.25) is 0 Å². The third-order valence-corrected chi connectivity index (χ3v) is 9.51. The van der Waals surface area contributed by atoms with Crippen molar-refractivity contribution in [3.63, 3.8) is 0 Å². The predicted molar refractivity (Wildman–Crippen MR) is 150 cm³/mol. The van der Waals surface area contributed by atoms with Crippen molar-refractivity contribution in [1.29, 1.82) is 0 Å². The van der Waals surface area contributed by atoms with Gasteiger partial charge < -0.3 is 34.3 Å². The van der Waals surface area contributed by atoms with E-state index >= 15 is 0 Å². The summed E-state index contributed by atoms with van der Waals surface area (Å²) in [5.74, 6) is -0.0743. The third kappa shape index (κ3) is 6.94. The van der Waals surface area contributed by atoms with Crippen LogP contribution >= 0.6 is 0 Å². The number of sulfonamides is 1. The zero-order chi connectivity index (χ0) is 29.1. The van der Waals surface area contributed by atoms with Gasteiger partial charge in [-0.05, 0) is 47.5 Å². The van der Waals surface area contributed by atoms with Gasteiger partial charge in [-0.1, -0.05) is 50.2 Å². The van der Waals surface area contributed by atoms with Gasteiger partial charge in [0, 0.05) is 13.1 Å². The van der Waals surface area contributed by atoms with Crippen molar-refractivity contribution in [2.75, 3.05) is 26.3 Å². The predicted octanol–water partition coefficient (Wildman–Crippen LogP) is 1.01. The molecule has 11 nitrogen and oxygen atoms in total. The van der Waals surface area contributed by atoms with Crippen molar-refractivity contribution in [1.82, 2.24) is 9.62 Å². The molecule has 0 aromatic heterocycles. The van der Waals surface area contributed by atoms with E-state index in [1.54, 1.807) is 6.07 Å². The fraction of sp³-hybridized carbons (Fsp3) is 0.536. The second-order valence-electron chi connectivity index (χ2n) is 11.2. The molecule has 3 aliphatic rings. The first-order valence-corrected chi connectivity index (χ1v) is 15.4. The second-order valence-corrected chi connectivity index (χ2v) is 13.2. The Morgan fingerprint density at radius 1 is 1.17 bits per heavy atom. The van der Waals surface area contributed by atoms with Crippen molar-refractivity contribution < 1.29 is 42.2 Å². The van der Waals surface area contributed by atoms with Gasteiger partial charge in [-0.15, -0.1) is 0 Å². The fourth-order valence-corrected chi connectivity index (χ4v) is 7.22. The van der Waals surface area contributed by atoms with Gasteiger partial charge in [-0.25, -0.2) is 13.2 Å². The van der Waals surface area contributed by atoms with Gasteiger partial charge in [0.15, 0.2) is 6.29 Å². The first-order valence-electron chi connectivity index (χ1n) is 14.0. The molecule has 3 heterocycles. The number of alkyl carbamates (subject to hydrolysis) is 1. The van der Waals surface area contributed by atoms with Crippen LogP contribution in [0.4, 0.5) is 4.79 Å². The van der Waals surface area contributed by atoms with Gasteiger partial charge in [-0.2, -0.15) is 4.31 Å². The SMILES string of the molecule is CC(C)CN(C[C@@H](O)[C@H](Cc1ccccc1)NC(=O)O[C@H]1CO[C@H]2OCC[C@H]21)S(=O)(=O)c1ccc2c(c1)COB2O. The molecule has 3 aliphatic heterocycles. The second kappa shape index (κ2) is 12.8. The Kier molecular flexibility index (Phi) is 9.34. The monoisotopic (exact) mass is 588 g/mol. The summed E-state index contributed by atoms with van der Waals surface area (Å²) in [6, 6.07) is 13.0. The van der Waals surface area contributed by atoms with Gasteiger partial charge >= 0.3 is 13.2 Å². The average Bonchev–Trinajstić information content (AvgIpc) is 3.66. The van der Waals surface area contributed by atoms with Crippen molar-refractivity contribution in [3.8, 4) is 0 Å². The number of carbonyl (C=O) groups excluding carboxylic acids is 1. The minimum Gasteiger partial charge on any atom is -0.443 e. The molecule has 2 fully saturated rings. The van der Waals surface area contributed by atoms with E-state index in [0.717, 1.165) is 12.0 Å². The highest BCUT2D eigenvalue weighted by atomic mass is 32.2. The number of amides is 1. The molecule has 0 spiro atoms. The van der Waals surface area contributed by atoms with E-state index in [4.69, 9.17) is 18.9 Å². The molecule has 3 N–H and O–H groups in total. The van der Waals surface area contributed by atoms with Gasteiger partial charge in [0.05, 0.1) is 42.8 Å². The summed E-state index contributed by atoms with van der Waals surface area (Å²) in [5.41, 5.74) is 2.00. The fourth-order valence-electron chi connectivity index (χ4n) is 5.55. The Hall–Kier alpha value is -2.52. The molecule has 5 atom stereocenters. The van der Waals surface area contributed by atoms with Crippen molar-refractivity contribution in [3.05, 3.63) is 59.7 Å². The first-order chi connectivity index (χ1) is 19.6. The lowest BCUT2D eigenvalue weighted by Gasteiger charge is -2.31. The van der Waals surface area contributed by atoms with Crippen molar-refractivity contribution >= 4 is 28.7 Å². The zero-order valence-electron chi connectivity index (χ0n) is 23.2. The molecule has 0 unspecified atom stereocenters. The first kappa shape index (κ1) is 30.0. The van der Waals surface area contributed by atoms with E-state index in [1.165, 1.54) is 16.4 Å². The molecule has 2 saturated heterocycles. The zero-order valence-corrected chi connectivity index (χ0v) is 24.0. The van der Waals surface area contributed by atoms with Crippen LogP contribution in [0.1, 0.15) is 31.4 Å². The molecule has 2 aromatic carbocycles. The number of hydrogen-bond donors (Lipinski definition) is 3. The van der Waals surface area contributed by atoms with Crippen molar-refractivity contribution in [2.24, 2.45) is 11.8 Å². The topological polar surface area (TPSA) is 144 Å². The Morgan fingerprint density at radius 3 is 2.71 bits per heavy atom. The summed E-state index contributed by atoms with van der Waals surface area (Å²) in [7, 11) is -5.11. The highest BCUT2D eigenvalue weighted by Gasteiger charge is 2.44. The maximum absolute atomic E-state index is 13.8. The molecule has 0 aliphatic carbocycles. The lowest BCUT2D eigenvalue weighted by atomic mass is 9.80. The van der Waals surface area contributed by atoms with Crippen LogP contribution in [0.3, 0.4) is 0 Å². The smallest absolute Gasteiger partial charge is 0.443 e. The lowest BCUT2D eigenvalue weighted by Crippen LogP contribution is -2.51. The molecular formula is C28H37BN2O9S.